The number of ether oxygens (including phenoxy) is 2. The van der Waals surface area contributed by atoms with Gasteiger partial charge in [0.05, 0.1) is 22.3 Å². The minimum Gasteiger partial charge on any atom is -0.503 e. The second-order valence-electron chi connectivity index (χ2n) is 5.03. The molecule has 0 fully saturated rings. The predicted octanol–water partition coefficient (Wildman–Crippen LogP) is 5.15. The van der Waals surface area contributed by atoms with Crippen LogP contribution in [0.15, 0.2) is 38.3 Å². The van der Waals surface area contributed by atoms with Gasteiger partial charge in [0.15, 0.2) is 18.1 Å². The van der Waals surface area contributed by atoms with E-state index in [0.717, 1.165) is 0 Å². The number of carbonyl (C=O) groups is 1. The van der Waals surface area contributed by atoms with Gasteiger partial charge >= 0.3 is 0 Å². The van der Waals surface area contributed by atoms with Gasteiger partial charge in [-0.25, -0.2) is 5.43 Å². The summed E-state index contributed by atoms with van der Waals surface area (Å²) in [5, 5.41) is 14.7. The number of hydrogen-bond acceptors (Lipinski definition) is 5. The van der Waals surface area contributed by atoms with Gasteiger partial charge < -0.3 is 14.6 Å². The standard InChI is InChI=1S/C17H14Br2Cl2N2O4/c1-2-26-13-5-9(15(18)16(19)17(13)25)7-22-23-14(24)8-27-12-6-10(20)3-4-11(12)21/h3-7,25H,2,8H2,1H3,(H,23,24)/b22-7+. The third kappa shape index (κ3) is 6.00. The van der Waals surface area contributed by atoms with Crippen LogP contribution < -0.4 is 14.9 Å². The summed E-state index contributed by atoms with van der Waals surface area (Å²) in [4.78, 5) is 11.9. The van der Waals surface area contributed by atoms with Crippen LogP contribution in [-0.2, 0) is 4.79 Å². The molecular formula is C17H14Br2Cl2N2O4. The van der Waals surface area contributed by atoms with Gasteiger partial charge in [-0.3, -0.25) is 4.79 Å². The zero-order valence-corrected chi connectivity index (χ0v) is 18.6. The first kappa shape index (κ1) is 21.8. The van der Waals surface area contributed by atoms with E-state index in [1.165, 1.54) is 12.3 Å². The molecule has 0 heterocycles. The third-order valence-corrected chi connectivity index (χ3v) is 5.82. The van der Waals surface area contributed by atoms with Gasteiger partial charge in [-0.05, 0) is 57.0 Å². The van der Waals surface area contributed by atoms with E-state index in [-0.39, 0.29) is 12.4 Å². The molecule has 27 heavy (non-hydrogen) atoms. The Morgan fingerprint density at radius 3 is 2.67 bits per heavy atom. The average Bonchev–Trinajstić information content (AvgIpc) is 2.64. The van der Waals surface area contributed by atoms with Crippen molar-refractivity contribution in [3.63, 3.8) is 0 Å². The number of benzene rings is 2. The van der Waals surface area contributed by atoms with Crippen molar-refractivity contribution in [2.24, 2.45) is 5.10 Å². The number of hydrogen-bond donors (Lipinski definition) is 2. The van der Waals surface area contributed by atoms with Crippen LogP contribution in [0.4, 0.5) is 0 Å². The molecule has 0 saturated heterocycles. The summed E-state index contributed by atoms with van der Waals surface area (Å²) in [7, 11) is 0. The molecule has 0 aliphatic heterocycles. The Bertz CT molecular complexity index is 878. The molecular weight excluding hydrogens is 527 g/mol. The van der Waals surface area contributed by atoms with E-state index in [4.69, 9.17) is 32.7 Å². The molecule has 2 rings (SSSR count). The van der Waals surface area contributed by atoms with Crippen molar-refractivity contribution >= 4 is 67.2 Å². The molecule has 10 heteroatoms. The summed E-state index contributed by atoms with van der Waals surface area (Å²) in [6, 6.07) is 6.29. The molecule has 0 aromatic heterocycles. The highest BCUT2D eigenvalue weighted by molar-refractivity contribution is 9.13. The second-order valence-corrected chi connectivity index (χ2v) is 7.46. The molecule has 0 aliphatic carbocycles. The van der Waals surface area contributed by atoms with Crippen LogP contribution >= 0.6 is 55.1 Å². The average molecular weight is 541 g/mol. The van der Waals surface area contributed by atoms with Gasteiger partial charge in [-0.15, -0.1) is 0 Å². The second kappa shape index (κ2) is 10.2. The lowest BCUT2D eigenvalue weighted by atomic mass is 10.2. The highest BCUT2D eigenvalue weighted by Gasteiger charge is 2.14. The van der Waals surface area contributed by atoms with Crippen LogP contribution in [0.3, 0.4) is 0 Å². The summed E-state index contributed by atoms with van der Waals surface area (Å²) >= 11 is 18.4. The third-order valence-electron chi connectivity index (χ3n) is 3.12. The Morgan fingerprint density at radius 2 is 1.96 bits per heavy atom. The van der Waals surface area contributed by atoms with Crippen LogP contribution in [0.25, 0.3) is 0 Å². The summed E-state index contributed by atoms with van der Waals surface area (Å²) in [6.07, 6.45) is 1.40. The topological polar surface area (TPSA) is 80.2 Å². The number of phenolic OH excluding ortho intramolecular Hbond substituents is 1. The van der Waals surface area contributed by atoms with Gasteiger partial charge in [-0.1, -0.05) is 23.2 Å². The maximum Gasteiger partial charge on any atom is 0.277 e. The normalized spacial score (nSPS) is 10.9. The summed E-state index contributed by atoms with van der Waals surface area (Å²) in [6.45, 7) is 1.90. The SMILES string of the molecule is CCOc1cc(/C=N/NC(=O)COc2cc(Cl)ccc2Cl)c(Br)c(Br)c1O. The maximum atomic E-state index is 11.9. The van der Waals surface area contributed by atoms with Gasteiger partial charge in [-0.2, -0.15) is 5.10 Å². The molecule has 0 saturated carbocycles. The van der Waals surface area contributed by atoms with Crippen LogP contribution in [-0.4, -0.2) is 30.4 Å². The summed E-state index contributed by atoms with van der Waals surface area (Å²) in [5.74, 6) is 0.0761. The fourth-order valence-corrected chi connectivity index (χ4v) is 3.07. The Kier molecular flexibility index (Phi) is 8.22. The van der Waals surface area contributed by atoms with Gasteiger partial charge in [0.25, 0.3) is 5.91 Å². The lowest BCUT2D eigenvalue weighted by Crippen LogP contribution is -2.24. The molecule has 0 radical (unpaired) electrons. The molecule has 0 atom stereocenters. The number of halogens is 4. The first-order valence-electron chi connectivity index (χ1n) is 7.57. The predicted molar refractivity (Wildman–Crippen MR) is 112 cm³/mol. The number of nitrogens with one attached hydrogen (secondary N) is 1. The Hall–Kier alpha value is -1.48. The minimum absolute atomic E-state index is 0.0308. The molecule has 2 N–H and O–H groups in total. The Morgan fingerprint density at radius 1 is 1.22 bits per heavy atom. The number of hydrazone groups is 1. The Balaban J connectivity index is 2.00. The van der Waals surface area contributed by atoms with Crippen molar-refractivity contribution in [1.29, 1.82) is 0 Å². The molecule has 2 aromatic rings. The van der Waals surface area contributed by atoms with E-state index in [0.29, 0.717) is 42.7 Å². The molecule has 0 aliphatic rings. The van der Waals surface area contributed by atoms with Crippen molar-refractivity contribution in [3.8, 4) is 17.2 Å². The van der Waals surface area contributed by atoms with E-state index in [1.54, 1.807) is 25.1 Å². The zero-order valence-electron chi connectivity index (χ0n) is 13.9. The lowest BCUT2D eigenvalue weighted by Gasteiger charge is -2.11. The van der Waals surface area contributed by atoms with E-state index in [9.17, 15) is 9.90 Å². The number of rotatable bonds is 7. The lowest BCUT2D eigenvalue weighted by molar-refractivity contribution is -0.123. The minimum atomic E-state index is -0.485. The zero-order chi connectivity index (χ0) is 20.0. The van der Waals surface area contributed by atoms with Crippen LogP contribution in [0.1, 0.15) is 12.5 Å². The van der Waals surface area contributed by atoms with Gasteiger partial charge in [0.1, 0.15) is 5.75 Å². The maximum absolute atomic E-state index is 11.9. The fourth-order valence-electron chi connectivity index (χ4n) is 1.91. The Labute approximate surface area is 182 Å². The molecule has 1 amide bonds. The van der Waals surface area contributed by atoms with E-state index >= 15 is 0 Å². The molecule has 0 spiro atoms. The van der Waals surface area contributed by atoms with Crippen molar-refractivity contribution in [3.05, 3.63) is 48.8 Å². The van der Waals surface area contributed by atoms with Crippen molar-refractivity contribution in [2.45, 2.75) is 6.92 Å². The number of phenols is 1. The van der Waals surface area contributed by atoms with Crippen LogP contribution in [0.5, 0.6) is 17.2 Å². The molecule has 6 nitrogen and oxygen atoms in total. The summed E-state index contributed by atoms with van der Waals surface area (Å²) < 4.78 is 11.7. The van der Waals surface area contributed by atoms with E-state index in [1.807, 2.05) is 0 Å². The number of aromatic hydroxyl groups is 1. The van der Waals surface area contributed by atoms with Crippen LogP contribution in [0, 0.1) is 0 Å². The fraction of sp³-hybridized carbons (Fsp3) is 0.176. The number of amides is 1. The van der Waals surface area contributed by atoms with Crippen molar-refractivity contribution in [1.82, 2.24) is 5.43 Å². The number of nitrogens with zero attached hydrogens (tertiary/aromatic N) is 1. The van der Waals surface area contributed by atoms with Gasteiger partial charge in [0.2, 0.25) is 0 Å². The largest absolute Gasteiger partial charge is 0.503 e. The molecule has 144 valence electrons. The smallest absolute Gasteiger partial charge is 0.277 e. The quantitative estimate of drug-likeness (QED) is 0.376. The highest BCUT2D eigenvalue weighted by atomic mass is 79.9. The summed E-state index contributed by atoms with van der Waals surface area (Å²) in [5.41, 5.74) is 2.92. The molecule has 0 unspecified atom stereocenters. The highest BCUT2D eigenvalue weighted by Crippen LogP contribution is 2.41. The first-order chi connectivity index (χ1) is 12.8. The van der Waals surface area contributed by atoms with E-state index < -0.39 is 5.91 Å². The first-order valence-corrected chi connectivity index (χ1v) is 9.91. The van der Waals surface area contributed by atoms with Crippen LogP contribution in [0.2, 0.25) is 10.0 Å². The molecule has 0 bridgehead atoms. The van der Waals surface area contributed by atoms with Crippen molar-refractivity contribution in [2.75, 3.05) is 13.2 Å². The van der Waals surface area contributed by atoms with Crippen molar-refractivity contribution < 1.29 is 19.4 Å². The van der Waals surface area contributed by atoms with E-state index in [2.05, 4.69) is 42.4 Å². The number of carbonyl (C=O) groups excluding carboxylic acids is 1. The monoisotopic (exact) mass is 538 g/mol. The molecule has 2 aromatic carbocycles. The van der Waals surface area contributed by atoms with Gasteiger partial charge in [0, 0.05) is 21.1 Å².